The molecule has 0 spiro atoms. The first-order valence-corrected chi connectivity index (χ1v) is 29.8. The van der Waals surface area contributed by atoms with E-state index in [1.807, 2.05) is 4.72 Å². The number of carbonyl (C=O) groups excluding carboxylic acids is 4. The largest absolute Gasteiger partial charge is 0.494 e. The monoisotopic (exact) mass is 1060 g/mol. The zero-order valence-electron chi connectivity index (χ0n) is 43.6. The molecule has 5 amide bonds. The molecule has 402 valence electrons. The smallest absolute Gasteiger partial charge is 0.342 e. The van der Waals surface area contributed by atoms with Gasteiger partial charge in [0.2, 0.25) is 6.04 Å². The Hall–Kier alpha value is -6.14. The zero-order valence-corrected chi connectivity index (χ0v) is 45.2. The van der Waals surface area contributed by atoms with Crippen molar-refractivity contribution in [1.82, 2.24) is 4.72 Å². The number of imide groups is 2. The van der Waals surface area contributed by atoms with E-state index in [0.717, 1.165) is 124 Å². The summed E-state index contributed by atoms with van der Waals surface area (Å²) in [5.74, 6) is -2.45. The molecule has 16 nitrogen and oxygen atoms in total. The second-order valence-corrected chi connectivity index (χ2v) is 22.3. The van der Waals surface area contributed by atoms with Gasteiger partial charge in [0, 0.05) is 12.3 Å². The number of sulfone groups is 1. The van der Waals surface area contributed by atoms with E-state index < -0.39 is 55.2 Å². The fourth-order valence-electron chi connectivity index (χ4n) is 8.31. The third-order valence-corrected chi connectivity index (χ3v) is 15.0. The van der Waals surface area contributed by atoms with Gasteiger partial charge in [-0.15, -0.1) is 0 Å². The lowest BCUT2D eigenvalue weighted by atomic mass is 10.1. The summed E-state index contributed by atoms with van der Waals surface area (Å²) in [4.78, 5) is 58.7. The van der Waals surface area contributed by atoms with Crippen molar-refractivity contribution in [3.8, 4) is 17.2 Å². The molecule has 74 heavy (non-hydrogen) atoms. The van der Waals surface area contributed by atoms with Crippen LogP contribution in [0.2, 0.25) is 0 Å². The second-order valence-electron chi connectivity index (χ2n) is 18.6. The number of para-hydroxylation sites is 1. The van der Waals surface area contributed by atoms with Gasteiger partial charge in [-0.05, 0) is 86.0 Å². The Bertz CT molecular complexity index is 2700. The molecule has 0 bridgehead atoms. The molecule has 1 unspecified atom stereocenters. The number of azo groups is 1. The first-order chi connectivity index (χ1) is 35.7. The van der Waals surface area contributed by atoms with Gasteiger partial charge in [0.1, 0.15) is 17.2 Å². The predicted molar refractivity (Wildman–Crippen MR) is 288 cm³/mol. The Labute approximate surface area is 438 Å². The normalized spacial score (nSPS) is 14.2. The standard InChI is InChI=1S/C56H75N5O11S2/c1-5-8-11-14-17-18-21-25-38-70-44-30-33-46(34-31-44)74(68,69)59-53(62)48-42-47(73(4,66)67)35-36-49(48)57-58-52-54(63)60(43-28-23-22-24-29-43)56(65)61(55(52)64)50-41-45(71-39-26-19-15-12-9-6-2)32-37-51(50)72-40-27-20-16-13-10-7-3/h22-24,28-37,41-42,52H,5-21,25-27,38-40H2,1-4H3,(H,59,62). The summed E-state index contributed by atoms with van der Waals surface area (Å²) in [6, 6.07) is 18.4. The number of hydrogen-bond donors (Lipinski definition) is 1. The van der Waals surface area contributed by atoms with E-state index >= 15 is 0 Å². The van der Waals surface area contributed by atoms with Crippen LogP contribution in [0.15, 0.2) is 111 Å². The molecule has 5 rings (SSSR count). The maximum Gasteiger partial charge on any atom is 0.342 e. The Balaban J connectivity index is 1.43. The van der Waals surface area contributed by atoms with Crippen LogP contribution < -0.4 is 28.7 Å². The van der Waals surface area contributed by atoms with E-state index in [1.54, 1.807) is 30.3 Å². The lowest BCUT2D eigenvalue weighted by Crippen LogP contribution is -2.62. The summed E-state index contributed by atoms with van der Waals surface area (Å²) in [5, 5.41) is 8.27. The topological polar surface area (TPSA) is 207 Å². The van der Waals surface area contributed by atoms with Crippen LogP contribution >= 0.6 is 0 Å². The number of unbranched alkanes of at least 4 members (excludes halogenated alkanes) is 17. The number of sulfonamides is 1. The molecule has 1 heterocycles. The number of urea groups is 1. The molecule has 0 saturated carbocycles. The summed E-state index contributed by atoms with van der Waals surface area (Å²) >= 11 is 0. The summed E-state index contributed by atoms with van der Waals surface area (Å²) < 4.78 is 72.9. The predicted octanol–water partition coefficient (Wildman–Crippen LogP) is 12.9. The average Bonchev–Trinajstić information content (AvgIpc) is 3.38. The quantitative estimate of drug-likeness (QED) is 0.0264. The zero-order chi connectivity index (χ0) is 53.4. The van der Waals surface area contributed by atoms with Crippen molar-refractivity contribution < 1.29 is 50.2 Å². The Morgan fingerprint density at radius 1 is 0.554 bits per heavy atom. The van der Waals surface area contributed by atoms with E-state index in [4.69, 9.17) is 14.2 Å². The fraction of sp³-hybridized carbons (Fsp3) is 0.500. The molecule has 1 saturated heterocycles. The number of ether oxygens (including phenoxy) is 3. The molecular formula is C56H75N5O11S2. The van der Waals surface area contributed by atoms with Crippen LogP contribution in [0.3, 0.4) is 0 Å². The molecule has 1 fully saturated rings. The van der Waals surface area contributed by atoms with Gasteiger partial charge in [-0.3, -0.25) is 14.4 Å². The summed E-state index contributed by atoms with van der Waals surface area (Å²) in [5.41, 5.74) is -0.796. The lowest BCUT2D eigenvalue weighted by Gasteiger charge is -2.35. The Kier molecular flexibility index (Phi) is 24.0. The third-order valence-electron chi connectivity index (χ3n) is 12.5. The Morgan fingerprint density at radius 3 is 1.59 bits per heavy atom. The highest BCUT2D eigenvalue weighted by Crippen LogP contribution is 2.38. The van der Waals surface area contributed by atoms with Crippen molar-refractivity contribution in [3.05, 3.63) is 96.6 Å². The van der Waals surface area contributed by atoms with E-state index in [2.05, 4.69) is 31.0 Å². The van der Waals surface area contributed by atoms with Crippen LogP contribution in [0.1, 0.15) is 160 Å². The minimum Gasteiger partial charge on any atom is -0.494 e. The number of nitrogens with one attached hydrogen (secondary N) is 1. The van der Waals surface area contributed by atoms with Crippen molar-refractivity contribution in [2.24, 2.45) is 10.2 Å². The molecule has 0 radical (unpaired) electrons. The maximum atomic E-state index is 14.7. The maximum absolute atomic E-state index is 14.7. The number of amides is 5. The van der Waals surface area contributed by atoms with Gasteiger partial charge in [-0.1, -0.05) is 148 Å². The highest BCUT2D eigenvalue weighted by atomic mass is 32.2. The fourth-order valence-corrected chi connectivity index (χ4v) is 9.92. The van der Waals surface area contributed by atoms with Crippen molar-refractivity contribution in [1.29, 1.82) is 0 Å². The van der Waals surface area contributed by atoms with E-state index in [9.17, 15) is 36.0 Å². The second kappa shape index (κ2) is 30.3. The van der Waals surface area contributed by atoms with Gasteiger partial charge in [0.25, 0.3) is 27.7 Å². The number of anilines is 2. The van der Waals surface area contributed by atoms with E-state index in [1.165, 1.54) is 74.6 Å². The van der Waals surface area contributed by atoms with Gasteiger partial charge in [-0.2, -0.15) is 10.2 Å². The van der Waals surface area contributed by atoms with Gasteiger partial charge < -0.3 is 14.2 Å². The van der Waals surface area contributed by atoms with Crippen LogP contribution in [0.4, 0.5) is 21.9 Å². The molecular weight excluding hydrogens is 983 g/mol. The van der Waals surface area contributed by atoms with Gasteiger partial charge in [-0.25, -0.2) is 36.2 Å². The Morgan fingerprint density at radius 2 is 1.04 bits per heavy atom. The molecule has 18 heteroatoms. The SMILES string of the molecule is CCCCCCCCCCOc1ccc(S(=O)(=O)NC(=O)c2cc(S(C)(=O)=O)ccc2N=NC2C(=O)N(c3ccccc3)C(=O)N(c3cc(OCCCCCCCC)ccc3OCCCCCCCC)C2=O)cc1. The van der Waals surface area contributed by atoms with Crippen LogP contribution in [-0.4, -0.2) is 72.7 Å². The van der Waals surface area contributed by atoms with Crippen LogP contribution in [0.25, 0.3) is 0 Å². The molecule has 1 aliphatic rings. The first-order valence-electron chi connectivity index (χ1n) is 26.4. The van der Waals surface area contributed by atoms with Crippen LogP contribution in [0, 0.1) is 0 Å². The highest BCUT2D eigenvalue weighted by molar-refractivity contribution is 7.90. The number of rotatable bonds is 34. The molecule has 4 aromatic carbocycles. The average molecular weight is 1060 g/mol. The molecule has 1 atom stereocenters. The summed E-state index contributed by atoms with van der Waals surface area (Å²) in [7, 11) is -8.52. The number of barbiturate groups is 1. The lowest BCUT2D eigenvalue weighted by molar-refractivity contribution is -0.128. The minimum atomic E-state index is -4.56. The minimum absolute atomic E-state index is 0.00549. The molecule has 1 aliphatic heterocycles. The van der Waals surface area contributed by atoms with E-state index in [0.29, 0.717) is 31.1 Å². The summed E-state index contributed by atoms with van der Waals surface area (Å²) in [6.45, 7) is 7.61. The van der Waals surface area contributed by atoms with Crippen LogP contribution in [0.5, 0.6) is 17.2 Å². The van der Waals surface area contributed by atoms with Crippen molar-refractivity contribution >= 4 is 60.7 Å². The molecule has 1 N–H and O–H groups in total. The van der Waals surface area contributed by atoms with Gasteiger partial charge >= 0.3 is 6.03 Å². The summed E-state index contributed by atoms with van der Waals surface area (Å²) in [6.07, 6.45) is 22.2. The molecule has 4 aromatic rings. The number of nitrogens with zero attached hydrogens (tertiary/aromatic N) is 4. The number of benzene rings is 4. The van der Waals surface area contributed by atoms with Crippen molar-refractivity contribution in [3.63, 3.8) is 0 Å². The van der Waals surface area contributed by atoms with Crippen molar-refractivity contribution in [2.75, 3.05) is 35.9 Å². The van der Waals surface area contributed by atoms with Crippen molar-refractivity contribution in [2.45, 2.75) is 165 Å². The molecule has 0 aromatic heterocycles. The molecule has 0 aliphatic carbocycles. The third kappa shape index (κ3) is 17.8. The van der Waals surface area contributed by atoms with Crippen LogP contribution in [-0.2, 0) is 29.4 Å². The number of hydrogen-bond acceptors (Lipinski definition) is 13. The van der Waals surface area contributed by atoms with Gasteiger partial charge in [0.15, 0.2) is 9.84 Å². The first kappa shape index (κ1) is 58.7. The van der Waals surface area contributed by atoms with Gasteiger partial charge in [0.05, 0.1) is 52.2 Å². The highest BCUT2D eigenvalue weighted by Gasteiger charge is 2.49. The number of carbonyl (C=O) groups is 4. The van der Waals surface area contributed by atoms with E-state index in [-0.39, 0.29) is 39.2 Å².